The van der Waals surface area contributed by atoms with E-state index in [0.29, 0.717) is 24.5 Å². The van der Waals surface area contributed by atoms with Gasteiger partial charge in [0.25, 0.3) is 5.91 Å². The van der Waals surface area contributed by atoms with E-state index in [2.05, 4.69) is 29.4 Å². The fourth-order valence-electron chi connectivity index (χ4n) is 2.61. The van der Waals surface area contributed by atoms with Gasteiger partial charge < -0.3 is 10.1 Å². The van der Waals surface area contributed by atoms with Crippen molar-refractivity contribution in [3.63, 3.8) is 0 Å². The van der Waals surface area contributed by atoms with Gasteiger partial charge in [0.1, 0.15) is 12.4 Å². The first-order chi connectivity index (χ1) is 12.6. The predicted octanol–water partition coefficient (Wildman–Crippen LogP) is 4.56. The number of hydrogen-bond acceptors (Lipinski definition) is 4. The molecule has 0 fully saturated rings. The fourth-order valence-corrected chi connectivity index (χ4v) is 3.20. The van der Waals surface area contributed by atoms with Crippen molar-refractivity contribution in [2.45, 2.75) is 26.4 Å². The van der Waals surface area contributed by atoms with E-state index in [1.165, 1.54) is 5.56 Å². The Morgan fingerprint density at radius 2 is 2.00 bits per heavy atom. The van der Waals surface area contributed by atoms with Gasteiger partial charge in [-0.25, -0.2) is 4.98 Å². The van der Waals surface area contributed by atoms with Crippen LogP contribution in [0.3, 0.4) is 0 Å². The Morgan fingerprint density at radius 3 is 2.73 bits per heavy atom. The molecule has 26 heavy (non-hydrogen) atoms. The van der Waals surface area contributed by atoms with Gasteiger partial charge in [-0.3, -0.25) is 4.79 Å². The smallest absolute Gasteiger partial charge is 0.251 e. The molecule has 4 nitrogen and oxygen atoms in total. The van der Waals surface area contributed by atoms with Crippen LogP contribution in [0.4, 0.5) is 0 Å². The number of aryl methyl sites for hydroxylation is 1. The maximum Gasteiger partial charge on any atom is 0.251 e. The maximum absolute atomic E-state index is 12.4. The number of thiazole rings is 1. The summed E-state index contributed by atoms with van der Waals surface area (Å²) in [6.45, 7) is 5.06. The van der Waals surface area contributed by atoms with Gasteiger partial charge in [-0.05, 0) is 36.6 Å². The molecule has 1 N–H and O–H groups in total. The zero-order chi connectivity index (χ0) is 18.4. The van der Waals surface area contributed by atoms with Gasteiger partial charge in [-0.1, -0.05) is 43.3 Å². The topological polar surface area (TPSA) is 51.2 Å². The summed E-state index contributed by atoms with van der Waals surface area (Å²) in [4.78, 5) is 16.8. The highest BCUT2D eigenvalue weighted by Crippen LogP contribution is 2.17. The van der Waals surface area contributed by atoms with Crippen molar-refractivity contribution in [1.29, 1.82) is 0 Å². The molecule has 3 rings (SSSR count). The zero-order valence-corrected chi connectivity index (χ0v) is 15.8. The Hall–Kier alpha value is -2.66. The summed E-state index contributed by atoms with van der Waals surface area (Å²) in [7, 11) is 0. The molecule has 1 atom stereocenters. The van der Waals surface area contributed by atoms with Crippen molar-refractivity contribution in [2.24, 2.45) is 0 Å². The number of nitrogens with zero attached hydrogens (tertiary/aromatic N) is 1. The quantitative estimate of drug-likeness (QED) is 0.667. The number of amides is 1. The third-order valence-electron chi connectivity index (χ3n) is 4.09. The normalized spacial score (nSPS) is 11.8. The Kier molecular flexibility index (Phi) is 6.02. The zero-order valence-electron chi connectivity index (χ0n) is 14.9. The largest absolute Gasteiger partial charge is 0.487 e. The van der Waals surface area contributed by atoms with Crippen LogP contribution in [0.25, 0.3) is 0 Å². The summed E-state index contributed by atoms with van der Waals surface area (Å²) in [5.41, 5.74) is 2.71. The molecule has 0 aliphatic rings. The third kappa shape index (κ3) is 4.92. The van der Waals surface area contributed by atoms with Crippen molar-refractivity contribution in [3.05, 3.63) is 81.8 Å². The predicted molar refractivity (Wildman–Crippen MR) is 105 cm³/mol. The van der Waals surface area contributed by atoms with E-state index in [1.54, 1.807) is 23.5 Å². The fraction of sp³-hybridized carbons (Fsp3) is 0.238. The highest BCUT2D eigenvalue weighted by atomic mass is 32.1. The molecule has 0 radical (unpaired) electrons. The van der Waals surface area contributed by atoms with Gasteiger partial charge in [-0.2, -0.15) is 0 Å². The summed E-state index contributed by atoms with van der Waals surface area (Å²) < 4.78 is 5.76. The number of nitrogens with one attached hydrogen (secondary N) is 1. The first-order valence-electron chi connectivity index (χ1n) is 8.59. The molecule has 0 bridgehead atoms. The maximum atomic E-state index is 12.4. The molecule has 0 saturated heterocycles. The molecule has 134 valence electrons. The number of rotatable bonds is 7. The van der Waals surface area contributed by atoms with E-state index in [9.17, 15) is 4.79 Å². The van der Waals surface area contributed by atoms with E-state index in [-0.39, 0.29) is 11.8 Å². The average Bonchev–Trinajstić information content (AvgIpc) is 3.10. The molecule has 0 spiro atoms. The van der Waals surface area contributed by atoms with Crippen LogP contribution < -0.4 is 10.1 Å². The molecule has 0 saturated carbocycles. The van der Waals surface area contributed by atoms with Gasteiger partial charge >= 0.3 is 0 Å². The molecule has 1 amide bonds. The van der Waals surface area contributed by atoms with E-state index in [0.717, 1.165) is 10.7 Å². The van der Waals surface area contributed by atoms with Crippen molar-refractivity contribution in [3.8, 4) is 5.75 Å². The lowest BCUT2D eigenvalue weighted by molar-refractivity contribution is 0.0951. The molecule has 2 aromatic carbocycles. The average molecular weight is 366 g/mol. The van der Waals surface area contributed by atoms with E-state index in [1.807, 2.05) is 42.6 Å². The summed E-state index contributed by atoms with van der Waals surface area (Å²) in [6, 6.07) is 17.4. The van der Waals surface area contributed by atoms with Gasteiger partial charge in [-0.15, -0.1) is 11.3 Å². The standard InChI is InChI=1S/C21H22N2O2S/c1-15(17-7-4-3-5-8-17)12-22-21(24)18-9-6-10-20(11-18)25-13-19-14-26-16(2)23-19/h3-11,14-15H,12-13H2,1-2H3,(H,22,24). The SMILES string of the molecule is Cc1nc(COc2cccc(C(=O)NCC(C)c3ccccc3)c2)cs1. The van der Waals surface area contributed by atoms with E-state index >= 15 is 0 Å². The number of carbonyl (C=O) groups excluding carboxylic acids is 1. The molecule has 3 aromatic rings. The van der Waals surface area contributed by atoms with Gasteiger partial charge in [0, 0.05) is 17.5 Å². The second-order valence-electron chi connectivity index (χ2n) is 6.20. The van der Waals surface area contributed by atoms with Crippen LogP contribution in [0.2, 0.25) is 0 Å². The summed E-state index contributed by atoms with van der Waals surface area (Å²) in [5.74, 6) is 0.828. The minimum atomic E-state index is -0.0947. The van der Waals surface area contributed by atoms with Crippen molar-refractivity contribution in [2.75, 3.05) is 6.54 Å². The summed E-state index contributed by atoms with van der Waals surface area (Å²) >= 11 is 1.60. The highest BCUT2D eigenvalue weighted by Gasteiger charge is 2.10. The highest BCUT2D eigenvalue weighted by molar-refractivity contribution is 7.09. The molecule has 0 aliphatic carbocycles. The first kappa shape index (κ1) is 18.1. The monoisotopic (exact) mass is 366 g/mol. The first-order valence-corrected chi connectivity index (χ1v) is 9.47. The van der Waals surface area contributed by atoms with Crippen LogP contribution in [0.1, 0.15) is 39.5 Å². The Balaban J connectivity index is 1.55. The van der Waals surface area contributed by atoms with Crippen molar-refractivity contribution < 1.29 is 9.53 Å². The summed E-state index contributed by atoms with van der Waals surface area (Å²) in [5, 5.41) is 6.00. The number of aromatic nitrogens is 1. The van der Waals surface area contributed by atoms with Crippen LogP contribution in [0.5, 0.6) is 5.75 Å². The van der Waals surface area contributed by atoms with E-state index < -0.39 is 0 Å². The van der Waals surface area contributed by atoms with Crippen LogP contribution in [0.15, 0.2) is 60.0 Å². The van der Waals surface area contributed by atoms with Gasteiger partial charge in [0.05, 0.1) is 10.7 Å². The Morgan fingerprint density at radius 1 is 1.19 bits per heavy atom. The lowest BCUT2D eigenvalue weighted by atomic mass is 10.0. The van der Waals surface area contributed by atoms with Gasteiger partial charge in [0.15, 0.2) is 0 Å². The minimum absolute atomic E-state index is 0.0947. The van der Waals surface area contributed by atoms with Crippen LogP contribution in [-0.2, 0) is 6.61 Å². The van der Waals surface area contributed by atoms with Crippen molar-refractivity contribution in [1.82, 2.24) is 10.3 Å². The van der Waals surface area contributed by atoms with Crippen LogP contribution >= 0.6 is 11.3 Å². The van der Waals surface area contributed by atoms with Crippen molar-refractivity contribution >= 4 is 17.2 Å². The molecular weight excluding hydrogens is 344 g/mol. The van der Waals surface area contributed by atoms with Gasteiger partial charge in [0.2, 0.25) is 0 Å². The van der Waals surface area contributed by atoms with E-state index in [4.69, 9.17) is 4.74 Å². The number of carbonyl (C=O) groups is 1. The lowest BCUT2D eigenvalue weighted by Crippen LogP contribution is -2.27. The second-order valence-corrected chi connectivity index (χ2v) is 7.26. The molecule has 1 heterocycles. The Bertz CT molecular complexity index is 861. The number of hydrogen-bond donors (Lipinski definition) is 1. The molecule has 1 unspecified atom stereocenters. The van der Waals surface area contributed by atoms with Crippen LogP contribution in [-0.4, -0.2) is 17.4 Å². The second kappa shape index (κ2) is 8.63. The molecular formula is C21H22N2O2S. The minimum Gasteiger partial charge on any atom is -0.487 e. The third-order valence-corrected chi connectivity index (χ3v) is 4.91. The van der Waals surface area contributed by atoms with Crippen LogP contribution in [0, 0.1) is 6.92 Å². The Labute approximate surface area is 157 Å². The number of ether oxygens (including phenoxy) is 1. The number of benzene rings is 2. The summed E-state index contributed by atoms with van der Waals surface area (Å²) in [6.07, 6.45) is 0. The molecule has 0 aliphatic heterocycles. The lowest BCUT2D eigenvalue weighted by Gasteiger charge is -2.13. The molecule has 1 aromatic heterocycles. The molecule has 5 heteroatoms.